The van der Waals surface area contributed by atoms with Crippen molar-refractivity contribution >= 4 is 23.3 Å². The number of ether oxygens (including phenoxy) is 1. The smallest absolute Gasteiger partial charge is 0.437 e. The minimum absolute atomic E-state index is 0.117. The molecule has 5 nitrogen and oxygen atoms in total. The average molecular weight is 362 g/mol. The zero-order chi connectivity index (χ0) is 18.1. The largest absolute Gasteiger partial charge is 0.466 e. The van der Waals surface area contributed by atoms with Crippen molar-refractivity contribution in [3.63, 3.8) is 0 Å². The maximum atomic E-state index is 13.5. The Balaban J connectivity index is 2.57. The summed E-state index contributed by atoms with van der Waals surface area (Å²) in [6.07, 6.45) is -5.14. The number of rotatable bonds is 3. The van der Waals surface area contributed by atoms with Crippen LogP contribution in [0.25, 0.3) is 0 Å². The van der Waals surface area contributed by atoms with Gasteiger partial charge in [0.25, 0.3) is 5.72 Å². The Morgan fingerprint density at radius 1 is 1.46 bits per heavy atom. The average Bonchev–Trinajstić information content (AvgIpc) is 2.45. The van der Waals surface area contributed by atoms with Gasteiger partial charge in [-0.25, -0.2) is 0 Å². The van der Waals surface area contributed by atoms with E-state index >= 15 is 0 Å². The monoisotopic (exact) mass is 362 g/mol. The molecule has 1 aromatic rings. The summed E-state index contributed by atoms with van der Waals surface area (Å²) in [6, 6.07) is 5.39. The Labute approximate surface area is 142 Å². The van der Waals surface area contributed by atoms with Crippen LogP contribution in [0.1, 0.15) is 24.1 Å². The minimum Gasteiger partial charge on any atom is -0.466 e. The second-order valence-corrected chi connectivity index (χ2v) is 5.89. The molecule has 0 amide bonds. The number of aliphatic hydroxyl groups is 1. The first-order valence-electron chi connectivity index (χ1n) is 7.21. The lowest BCUT2D eigenvalue weighted by Crippen LogP contribution is -2.73. The molecular weight excluding hydrogens is 345 g/mol. The van der Waals surface area contributed by atoms with Gasteiger partial charge in [0.2, 0.25) is 0 Å². The number of aryl methyl sites for hydroxylation is 1. The fraction of sp³-hybridized carbons (Fsp3) is 0.467. The number of alkyl halides is 3. The molecule has 0 spiro atoms. The van der Waals surface area contributed by atoms with Crippen LogP contribution in [0.4, 0.5) is 13.2 Å². The number of thiocarbonyl (C=S) groups is 1. The van der Waals surface area contributed by atoms with Crippen molar-refractivity contribution in [1.29, 1.82) is 0 Å². The maximum absolute atomic E-state index is 13.5. The molecule has 3 N–H and O–H groups in total. The van der Waals surface area contributed by atoms with Gasteiger partial charge in [-0.1, -0.05) is 29.8 Å². The Kier molecular flexibility index (Phi) is 5.05. The highest BCUT2D eigenvalue weighted by atomic mass is 32.1. The van der Waals surface area contributed by atoms with E-state index in [1.165, 1.54) is 6.92 Å². The topological polar surface area (TPSA) is 70.6 Å². The highest BCUT2D eigenvalue weighted by Gasteiger charge is 2.66. The summed E-state index contributed by atoms with van der Waals surface area (Å²) in [4.78, 5) is 12.2. The first-order chi connectivity index (χ1) is 11.1. The van der Waals surface area contributed by atoms with Crippen molar-refractivity contribution in [2.75, 3.05) is 6.61 Å². The van der Waals surface area contributed by atoms with Crippen molar-refractivity contribution in [3.8, 4) is 0 Å². The van der Waals surface area contributed by atoms with Crippen LogP contribution < -0.4 is 10.6 Å². The zero-order valence-corrected chi connectivity index (χ0v) is 13.8. The molecule has 0 aliphatic carbocycles. The van der Waals surface area contributed by atoms with Crippen LogP contribution in [0.15, 0.2) is 24.3 Å². The van der Waals surface area contributed by atoms with E-state index in [2.05, 4.69) is 5.32 Å². The Morgan fingerprint density at radius 2 is 2.12 bits per heavy atom. The highest BCUT2D eigenvalue weighted by Crippen LogP contribution is 2.43. The van der Waals surface area contributed by atoms with E-state index in [0.717, 1.165) is 5.56 Å². The van der Waals surface area contributed by atoms with Gasteiger partial charge in [0.05, 0.1) is 12.6 Å². The minimum atomic E-state index is -5.14. The predicted molar refractivity (Wildman–Crippen MR) is 83.9 cm³/mol. The van der Waals surface area contributed by atoms with Gasteiger partial charge in [-0.2, -0.15) is 13.2 Å². The number of carbonyl (C=O) groups is 1. The molecule has 24 heavy (non-hydrogen) atoms. The molecule has 0 radical (unpaired) electrons. The molecule has 1 aromatic carbocycles. The second kappa shape index (κ2) is 6.56. The molecule has 0 unspecified atom stereocenters. The normalized spacial score (nSPS) is 27.2. The second-order valence-electron chi connectivity index (χ2n) is 5.48. The summed E-state index contributed by atoms with van der Waals surface area (Å²) < 4.78 is 45.3. The lowest BCUT2D eigenvalue weighted by Gasteiger charge is -2.45. The SMILES string of the molecule is CCOC(=O)[C@@H]1[C@@H](c2cccc(C)c2)NC(=S)N[C@@]1(O)C(F)(F)F. The molecule has 1 heterocycles. The molecule has 2 rings (SSSR count). The molecule has 9 heteroatoms. The number of nitrogens with one attached hydrogen (secondary N) is 2. The molecule has 0 bridgehead atoms. The summed E-state index contributed by atoms with van der Waals surface area (Å²) in [5, 5.41) is 14.3. The van der Waals surface area contributed by atoms with Crippen LogP contribution in [-0.2, 0) is 9.53 Å². The van der Waals surface area contributed by atoms with Crippen LogP contribution in [0.2, 0.25) is 0 Å². The molecular formula is C15H17F3N2O3S. The van der Waals surface area contributed by atoms with Gasteiger partial charge in [0.15, 0.2) is 5.11 Å². The van der Waals surface area contributed by atoms with Crippen molar-refractivity contribution in [1.82, 2.24) is 10.6 Å². The molecule has 0 saturated carbocycles. The number of carbonyl (C=O) groups excluding carboxylic acids is 1. The lowest BCUT2D eigenvalue weighted by atomic mass is 9.82. The summed E-state index contributed by atoms with van der Waals surface area (Å²) in [5.41, 5.74) is -2.35. The van der Waals surface area contributed by atoms with E-state index in [4.69, 9.17) is 17.0 Å². The zero-order valence-electron chi connectivity index (χ0n) is 13.0. The fourth-order valence-electron chi connectivity index (χ4n) is 2.68. The first-order valence-corrected chi connectivity index (χ1v) is 7.62. The fourth-order valence-corrected chi connectivity index (χ4v) is 2.96. The van der Waals surface area contributed by atoms with Crippen molar-refractivity contribution in [2.24, 2.45) is 5.92 Å². The third-order valence-corrected chi connectivity index (χ3v) is 3.97. The van der Waals surface area contributed by atoms with E-state index < -0.39 is 34.9 Å². The molecule has 1 aliphatic heterocycles. The predicted octanol–water partition coefficient (Wildman–Crippen LogP) is 1.94. The summed E-state index contributed by atoms with van der Waals surface area (Å²) >= 11 is 4.80. The molecule has 0 aromatic heterocycles. The number of esters is 1. The highest BCUT2D eigenvalue weighted by molar-refractivity contribution is 7.80. The standard InChI is InChI=1S/C15H17F3N2O3S/c1-3-23-12(21)10-11(9-6-4-5-8(2)7-9)19-13(24)20-14(10,22)15(16,17)18/h4-7,10-11,22H,3H2,1-2H3,(H2,19,20,24)/t10-,11+,14-/m0/s1. The lowest BCUT2D eigenvalue weighted by molar-refractivity contribution is -0.292. The van der Waals surface area contributed by atoms with E-state index in [1.54, 1.807) is 36.5 Å². The maximum Gasteiger partial charge on any atom is 0.437 e. The number of hydrogen-bond acceptors (Lipinski definition) is 4. The van der Waals surface area contributed by atoms with E-state index in [9.17, 15) is 23.1 Å². The van der Waals surface area contributed by atoms with Gasteiger partial charge in [-0.05, 0) is 31.6 Å². The van der Waals surface area contributed by atoms with Crippen LogP contribution in [0, 0.1) is 12.8 Å². The van der Waals surface area contributed by atoms with Crippen molar-refractivity contribution < 1.29 is 27.8 Å². The van der Waals surface area contributed by atoms with E-state index in [-0.39, 0.29) is 6.61 Å². The molecule has 132 valence electrons. The van der Waals surface area contributed by atoms with E-state index in [1.807, 2.05) is 0 Å². The summed E-state index contributed by atoms with van der Waals surface area (Å²) in [6.45, 7) is 3.12. The van der Waals surface area contributed by atoms with E-state index in [0.29, 0.717) is 5.56 Å². The Bertz CT molecular complexity index is 653. The molecule has 1 aliphatic rings. The molecule has 3 atom stereocenters. The Morgan fingerprint density at radius 3 is 2.67 bits per heavy atom. The summed E-state index contributed by atoms with van der Waals surface area (Å²) in [5.74, 6) is -3.14. The Hall–Kier alpha value is -1.87. The first kappa shape index (κ1) is 18.5. The quantitative estimate of drug-likeness (QED) is 0.564. The van der Waals surface area contributed by atoms with Crippen LogP contribution >= 0.6 is 12.2 Å². The van der Waals surface area contributed by atoms with Crippen LogP contribution in [-0.4, -0.2) is 34.7 Å². The van der Waals surface area contributed by atoms with Gasteiger partial charge < -0.3 is 20.5 Å². The number of benzene rings is 1. The van der Waals surface area contributed by atoms with Gasteiger partial charge in [-0.3, -0.25) is 4.79 Å². The molecule has 1 saturated heterocycles. The number of halogens is 3. The van der Waals surface area contributed by atoms with Gasteiger partial charge in [0, 0.05) is 0 Å². The molecule has 1 fully saturated rings. The number of hydrogen-bond donors (Lipinski definition) is 3. The third-order valence-electron chi connectivity index (χ3n) is 3.75. The van der Waals surface area contributed by atoms with Crippen molar-refractivity contribution in [3.05, 3.63) is 35.4 Å². The van der Waals surface area contributed by atoms with Gasteiger partial charge in [-0.15, -0.1) is 0 Å². The third kappa shape index (κ3) is 3.32. The van der Waals surface area contributed by atoms with Crippen molar-refractivity contribution in [2.45, 2.75) is 31.8 Å². The van der Waals surface area contributed by atoms with Crippen LogP contribution in [0.5, 0.6) is 0 Å². The van der Waals surface area contributed by atoms with Gasteiger partial charge in [0.1, 0.15) is 5.92 Å². The van der Waals surface area contributed by atoms with Gasteiger partial charge >= 0.3 is 12.1 Å². The van der Waals surface area contributed by atoms with Crippen LogP contribution in [0.3, 0.4) is 0 Å². The summed E-state index contributed by atoms with van der Waals surface area (Å²) in [7, 11) is 0.